The Hall–Kier alpha value is -2.58. The maximum atomic E-state index is 10.3. The molecule has 2 N–H and O–H groups in total. The van der Waals surface area contributed by atoms with Crippen LogP contribution in [0.15, 0.2) is 30.3 Å². The number of pyridine rings is 1. The van der Waals surface area contributed by atoms with Crippen LogP contribution in [-0.2, 0) is 19.5 Å². The van der Waals surface area contributed by atoms with Gasteiger partial charge in [-0.15, -0.1) is 0 Å². The van der Waals surface area contributed by atoms with E-state index in [2.05, 4.69) is 65.0 Å². The number of hydrogen-bond donors (Lipinski definition) is 1. The van der Waals surface area contributed by atoms with Crippen LogP contribution in [0, 0.1) is 16.7 Å². The summed E-state index contributed by atoms with van der Waals surface area (Å²) in [6, 6.07) is 13.5. The van der Waals surface area contributed by atoms with Gasteiger partial charge in [-0.1, -0.05) is 44.2 Å². The van der Waals surface area contributed by atoms with Crippen molar-refractivity contribution in [3.63, 3.8) is 0 Å². The molecule has 3 aliphatic rings. The Morgan fingerprint density at radius 3 is 2.45 bits per heavy atom. The van der Waals surface area contributed by atoms with E-state index >= 15 is 0 Å². The first kappa shape index (κ1) is 22.2. The van der Waals surface area contributed by atoms with Crippen LogP contribution in [-0.4, -0.2) is 32.7 Å². The van der Waals surface area contributed by atoms with Gasteiger partial charge in [0.05, 0.1) is 38.3 Å². The van der Waals surface area contributed by atoms with Crippen LogP contribution in [0.1, 0.15) is 68.2 Å². The van der Waals surface area contributed by atoms with Crippen molar-refractivity contribution in [2.75, 3.05) is 42.5 Å². The summed E-state index contributed by atoms with van der Waals surface area (Å²) < 4.78 is 0. The second kappa shape index (κ2) is 9.35. The number of hydrogen-bond acceptors (Lipinski definition) is 3. The Bertz CT molecular complexity index is 1020. The molecule has 0 aliphatic carbocycles. The number of nitriles is 1. The van der Waals surface area contributed by atoms with Gasteiger partial charge in [-0.25, -0.2) is 4.98 Å². The fourth-order valence-corrected chi connectivity index (χ4v) is 6.19. The van der Waals surface area contributed by atoms with Gasteiger partial charge in [-0.05, 0) is 43.1 Å². The lowest BCUT2D eigenvalue weighted by Crippen LogP contribution is -3.10. The minimum absolute atomic E-state index is 0.323. The second-order valence-electron chi connectivity index (χ2n) is 11.1. The summed E-state index contributed by atoms with van der Waals surface area (Å²) >= 11 is 0. The number of rotatable bonds is 4. The Morgan fingerprint density at radius 1 is 0.970 bits per heavy atom. The number of nitrogens with one attached hydrogen (secondary N) is 2. The van der Waals surface area contributed by atoms with Crippen LogP contribution >= 0.6 is 0 Å². The van der Waals surface area contributed by atoms with E-state index in [-0.39, 0.29) is 0 Å². The molecule has 33 heavy (non-hydrogen) atoms. The first-order valence-electron chi connectivity index (χ1n) is 12.9. The number of H-pyrrole nitrogens is 1. The molecule has 1 aromatic heterocycles. The Balaban J connectivity index is 1.55. The van der Waals surface area contributed by atoms with Gasteiger partial charge in [0.25, 0.3) is 0 Å². The second-order valence-corrected chi connectivity index (χ2v) is 11.1. The molecule has 3 aliphatic heterocycles. The number of piperidine rings is 2. The molecule has 1 aromatic carbocycles. The molecule has 0 bridgehead atoms. The standard InChI is InChI=1S/C28H37N5/c1-28(2)13-9-16-33(21-28)27-25-20-31(19-22-10-5-3-6-11-22)17-12-23(25)24(18-29)26(30-27)32-14-7-4-8-15-32/h3,5-6,10-11H,4,7-9,12-17,19-21H2,1-2H3/p+2. The van der Waals surface area contributed by atoms with Crippen molar-refractivity contribution in [3.8, 4) is 6.07 Å². The largest absolute Gasteiger partial charge is 0.327 e. The number of fused-ring (bicyclic) bond motifs is 1. The zero-order valence-electron chi connectivity index (χ0n) is 20.4. The summed E-state index contributed by atoms with van der Waals surface area (Å²) in [5, 5.41) is 10.3. The van der Waals surface area contributed by atoms with Crippen molar-refractivity contribution in [2.45, 2.75) is 65.5 Å². The number of nitrogens with zero attached hydrogens (tertiary/aromatic N) is 3. The summed E-state index contributed by atoms with van der Waals surface area (Å²) in [5.41, 5.74) is 5.33. The molecule has 5 heteroatoms. The summed E-state index contributed by atoms with van der Waals surface area (Å²) in [6.45, 7) is 12.2. The molecule has 2 saturated heterocycles. The van der Waals surface area contributed by atoms with E-state index in [0.29, 0.717) is 5.41 Å². The van der Waals surface area contributed by atoms with Crippen LogP contribution in [0.2, 0.25) is 0 Å². The van der Waals surface area contributed by atoms with Gasteiger partial charge >= 0.3 is 0 Å². The molecule has 0 amide bonds. The summed E-state index contributed by atoms with van der Waals surface area (Å²) in [6.07, 6.45) is 7.24. The Morgan fingerprint density at radius 2 is 1.73 bits per heavy atom. The molecule has 0 spiro atoms. The predicted molar refractivity (Wildman–Crippen MR) is 132 cm³/mol. The van der Waals surface area contributed by atoms with E-state index in [1.807, 2.05) is 0 Å². The van der Waals surface area contributed by atoms with Gasteiger partial charge in [0.2, 0.25) is 11.6 Å². The molecule has 1 unspecified atom stereocenters. The molecule has 2 fully saturated rings. The van der Waals surface area contributed by atoms with E-state index in [0.717, 1.165) is 63.6 Å². The monoisotopic (exact) mass is 445 g/mol. The van der Waals surface area contributed by atoms with E-state index in [9.17, 15) is 5.26 Å². The molecule has 1 atom stereocenters. The minimum atomic E-state index is 0.323. The van der Waals surface area contributed by atoms with Crippen LogP contribution < -0.4 is 19.7 Å². The minimum Gasteiger partial charge on any atom is -0.327 e. The highest BCUT2D eigenvalue weighted by atomic mass is 15.3. The number of anilines is 2. The van der Waals surface area contributed by atoms with Crippen LogP contribution in [0.5, 0.6) is 0 Å². The SMILES string of the molecule is CC1(C)CCCN(c2[nH+]c(N3CCCCC3)c(C#N)c3c2C[NH+](Cc2ccccc2)CC3)C1. The first-order chi connectivity index (χ1) is 16.0. The van der Waals surface area contributed by atoms with Gasteiger partial charge in [0.1, 0.15) is 24.7 Å². The highest BCUT2D eigenvalue weighted by Crippen LogP contribution is 2.35. The van der Waals surface area contributed by atoms with Gasteiger partial charge in [-0.3, -0.25) is 9.80 Å². The smallest absolute Gasteiger partial charge is 0.240 e. The van der Waals surface area contributed by atoms with Gasteiger partial charge in [-0.2, -0.15) is 5.26 Å². The predicted octanol–water partition coefficient (Wildman–Crippen LogP) is 3.13. The van der Waals surface area contributed by atoms with Crippen LogP contribution in [0.3, 0.4) is 0 Å². The quantitative estimate of drug-likeness (QED) is 0.787. The molecule has 5 rings (SSSR count). The summed E-state index contributed by atoms with van der Waals surface area (Å²) in [7, 11) is 0. The third-order valence-corrected chi connectivity index (χ3v) is 7.88. The van der Waals surface area contributed by atoms with E-state index in [1.165, 1.54) is 54.6 Å². The Kier molecular flexibility index (Phi) is 6.29. The molecule has 174 valence electrons. The third kappa shape index (κ3) is 4.73. The average Bonchev–Trinajstić information content (AvgIpc) is 2.83. The molecular weight excluding hydrogens is 406 g/mol. The van der Waals surface area contributed by atoms with Gasteiger partial charge in [0, 0.05) is 12.0 Å². The molecule has 0 radical (unpaired) electrons. The van der Waals surface area contributed by atoms with Crippen molar-refractivity contribution in [1.82, 2.24) is 0 Å². The van der Waals surface area contributed by atoms with Gasteiger partial charge in [0.15, 0.2) is 0 Å². The van der Waals surface area contributed by atoms with E-state index < -0.39 is 0 Å². The average molecular weight is 446 g/mol. The number of aromatic nitrogens is 1. The number of quaternary nitrogens is 1. The zero-order valence-corrected chi connectivity index (χ0v) is 20.4. The summed E-state index contributed by atoms with van der Waals surface area (Å²) in [4.78, 5) is 10.5. The van der Waals surface area contributed by atoms with Crippen molar-refractivity contribution in [2.24, 2.45) is 5.41 Å². The normalized spacial score (nSPS) is 22.5. The van der Waals surface area contributed by atoms with Crippen molar-refractivity contribution in [3.05, 3.63) is 52.6 Å². The fourth-order valence-electron chi connectivity index (χ4n) is 6.19. The van der Waals surface area contributed by atoms with Crippen molar-refractivity contribution >= 4 is 11.6 Å². The number of aromatic amines is 1. The molecule has 2 aromatic rings. The van der Waals surface area contributed by atoms with E-state index in [1.54, 1.807) is 4.90 Å². The lowest BCUT2D eigenvalue weighted by Gasteiger charge is -2.38. The molecule has 0 saturated carbocycles. The highest BCUT2D eigenvalue weighted by Gasteiger charge is 2.38. The maximum Gasteiger partial charge on any atom is 0.240 e. The molecule has 4 heterocycles. The lowest BCUT2D eigenvalue weighted by atomic mass is 9.83. The number of benzene rings is 1. The summed E-state index contributed by atoms with van der Waals surface area (Å²) in [5.74, 6) is 2.38. The zero-order chi connectivity index (χ0) is 22.8. The lowest BCUT2D eigenvalue weighted by molar-refractivity contribution is -0.929. The van der Waals surface area contributed by atoms with Crippen LogP contribution in [0.4, 0.5) is 11.6 Å². The highest BCUT2D eigenvalue weighted by molar-refractivity contribution is 5.62. The Labute approximate surface area is 199 Å². The van der Waals surface area contributed by atoms with Crippen LogP contribution in [0.25, 0.3) is 0 Å². The fraction of sp³-hybridized carbons (Fsp3) is 0.571. The molecular formula is C28H39N5+2. The maximum absolute atomic E-state index is 10.3. The van der Waals surface area contributed by atoms with Crippen molar-refractivity contribution < 1.29 is 9.88 Å². The first-order valence-corrected chi connectivity index (χ1v) is 12.9. The molecule has 5 nitrogen and oxygen atoms in total. The van der Waals surface area contributed by atoms with E-state index in [4.69, 9.17) is 0 Å². The van der Waals surface area contributed by atoms with Crippen molar-refractivity contribution in [1.29, 1.82) is 5.26 Å². The third-order valence-electron chi connectivity index (χ3n) is 7.88. The van der Waals surface area contributed by atoms with Gasteiger partial charge < -0.3 is 4.90 Å². The topological polar surface area (TPSA) is 48.9 Å².